The molecular formula is C12H16N2O. The van der Waals surface area contributed by atoms with E-state index in [1.54, 1.807) is 0 Å². The summed E-state index contributed by atoms with van der Waals surface area (Å²) in [7, 11) is 1.98. The Balaban J connectivity index is 2.31. The number of rotatable bonds is 5. The van der Waals surface area contributed by atoms with Crippen LogP contribution in [0.25, 0.3) is 0 Å². The second-order valence-electron chi connectivity index (χ2n) is 3.66. The maximum Gasteiger partial charge on any atom is 0.141 e. The van der Waals surface area contributed by atoms with Crippen molar-refractivity contribution in [2.45, 2.75) is 19.1 Å². The lowest BCUT2D eigenvalue weighted by molar-refractivity contribution is 0.192. The van der Waals surface area contributed by atoms with E-state index in [1.807, 2.05) is 31.3 Å². The molecule has 3 heteroatoms. The van der Waals surface area contributed by atoms with E-state index in [0.29, 0.717) is 6.42 Å². The normalized spacial score (nSPS) is 12.4. The zero-order valence-electron chi connectivity index (χ0n) is 8.93. The molecule has 1 rings (SSSR count). The molecule has 1 N–H and O–H groups in total. The first-order chi connectivity index (χ1) is 7.22. The monoisotopic (exact) mass is 204 g/mol. The molecule has 0 aliphatic carbocycles. The first-order valence-electron chi connectivity index (χ1n) is 5.02. The molecule has 0 heterocycles. The van der Waals surface area contributed by atoms with Crippen LogP contribution in [0.1, 0.15) is 12.0 Å². The van der Waals surface area contributed by atoms with Gasteiger partial charge in [-0.1, -0.05) is 30.3 Å². The molecule has 0 radical (unpaired) electrons. The zero-order valence-corrected chi connectivity index (χ0v) is 8.93. The minimum absolute atomic E-state index is 0.500. The summed E-state index contributed by atoms with van der Waals surface area (Å²) in [5.74, 6) is 0. The second kappa shape index (κ2) is 6.18. The highest BCUT2D eigenvalue weighted by molar-refractivity contribution is 5.14. The van der Waals surface area contributed by atoms with Crippen molar-refractivity contribution in [2.24, 2.45) is 0 Å². The molecule has 0 unspecified atom stereocenters. The van der Waals surface area contributed by atoms with E-state index >= 15 is 0 Å². The van der Waals surface area contributed by atoms with E-state index in [-0.39, 0.29) is 0 Å². The molecule has 0 amide bonds. The van der Waals surface area contributed by atoms with Crippen LogP contribution in [-0.4, -0.2) is 29.7 Å². The number of nitriles is 1. The van der Waals surface area contributed by atoms with Crippen molar-refractivity contribution in [3.8, 4) is 6.07 Å². The number of aliphatic hydroxyl groups excluding tert-OH is 1. The molecular weight excluding hydrogens is 188 g/mol. The number of benzene rings is 1. The van der Waals surface area contributed by atoms with Crippen LogP contribution in [0.3, 0.4) is 0 Å². The van der Waals surface area contributed by atoms with Gasteiger partial charge in [0.05, 0.1) is 6.07 Å². The van der Waals surface area contributed by atoms with Crippen molar-refractivity contribution < 1.29 is 5.11 Å². The molecule has 0 spiro atoms. The van der Waals surface area contributed by atoms with Crippen LogP contribution in [0.2, 0.25) is 0 Å². The minimum atomic E-state index is -0.844. The number of nitrogens with zero attached hydrogens (tertiary/aromatic N) is 2. The highest BCUT2D eigenvalue weighted by Crippen LogP contribution is 2.03. The van der Waals surface area contributed by atoms with E-state index in [1.165, 1.54) is 5.56 Å². The van der Waals surface area contributed by atoms with E-state index in [9.17, 15) is 0 Å². The Bertz CT molecular complexity index is 318. The van der Waals surface area contributed by atoms with Gasteiger partial charge in [0, 0.05) is 13.1 Å². The highest BCUT2D eigenvalue weighted by Gasteiger charge is 2.04. The van der Waals surface area contributed by atoms with Gasteiger partial charge in [0.1, 0.15) is 6.10 Å². The lowest BCUT2D eigenvalue weighted by Crippen LogP contribution is -2.22. The molecule has 0 aliphatic heterocycles. The molecule has 0 bridgehead atoms. The van der Waals surface area contributed by atoms with Crippen LogP contribution in [0.4, 0.5) is 0 Å². The summed E-state index contributed by atoms with van der Waals surface area (Å²) < 4.78 is 0. The SMILES string of the molecule is CN(CC[C@H](O)C#N)Cc1ccccc1. The van der Waals surface area contributed by atoms with E-state index in [0.717, 1.165) is 13.1 Å². The van der Waals surface area contributed by atoms with Gasteiger partial charge in [-0.05, 0) is 19.0 Å². The number of hydrogen-bond acceptors (Lipinski definition) is 3. The van der Waals surface area contributed by atoms with Crippen molar-refractivity contribution in [3.63, 3.8) is 0 Å². The Kier molecular flexibility index (Phi) is 4.82. The fourth-order valence-corrected chi connectivity index (χ4v) is 1.38. The van der Waals surface area contributed by atoms with Crippen molar-refractivity contribution in [1.82, 2.24) is 4.90 Å². The summed E-state index contributed by atoms with van der Waals surface area (Å²) in [4.78, 5) is 2.09. The van der Waals surface area contributed by atoms with Gasteiger partial charge in [-0.2, -0.15) is 5.26 Å². The van der Waals surface area contributed by atoms with Crippen LogP contribution in [-0.2, 0) is 6.54 Å². The summed E-state index contributed by atoms with van der Waals surface area (Å²) in [6, 6.07) is 11.9. The van der Waals surface area contributed by atoms with E-state index in [4.69, 9.17) is 10.4 Å². The quantitative estimate of drug-likeness (QED) is 0.737. The molecule has 3 nitrogen and oxygen atoms in total. The highest BCUT2D eigenvalue weighted by atomic mass is 16.3. The molecule has 0 saturated heterocycles. The van der Waals surface area contributed by atoms with Gasteiger partial charge in [-0.15, -0.1) is 0 Å². The summed E-state index contributed by atoms with van der Waals surface area (Å²) in [6.07, 6.45) is -0.344. The summed E-state index contributed by atoms with van der Waals surface area (Å²) in [5.41, 5.74) is 1.24. The number of aliphatic hydroxyl groups is 1. The third kappa shape index (κ3) is 4.59. The summed E-state index contributed by atoms with van der Waals surface area (Å²) in [5, 5.41) is 17.5. The largest absolute Gasteiger partial charge is 0.378 e. The Morgan fingerprint density at radius 3 is 2.67 bits per heavy atom. The van der Waals surface area contributed by atoms with E-state index in [2.05, 4.69) is 17.0 Å². The molecule has 1 aromatic carbocycles. The lowest BCUT2D eigenvalue weighted by atomic mass is 10.2. The van der Waals surface area contributed by atoms with Crippen LogP contribution in [0.5, 0.6) is 0 Å². The average molecular weight is 204 g/mol. The minimum Gasteiger partial charge on any atom is -0.378 e. The van der Waals surface area contributed by atoms with Crippen molar-refractivity contribution in [2.75, 3.05) is 13.6 Å². The first kappa shape index (κ1) is 11.7. The molecule has 80 valence electrons. The van der Waals surface area contributed by atoms with Crippen LogP contribution >= 0.6 is 0 Å². The zero-order chi connectivity index (χ0) is 11.1. The van der Waals surface area contributed by atoms with Gasteiger partial charge in [-0.3, -0.25) is 0 Å². The molecule has 15 heavy (non-hydrogen) atoms. The third-order valence-electron chi connectivity index (χ3n) is 2.23. The van der Waals surface area contributed by atoms with Gasteiger partial charge in [0.15, 0.2) is 0 Å². The van der Waals surface area contributed by atoms with Crippen LogP contribution in [0.15, 0.2) is 30.3 Å². The van der Waals surface area contributed by atoms with Gasteiger partial charge < -0.3 is 10.0 Å². The lowest BCUT2D eigenvalue weighted by Gasteiger charge is -2.16. The molecule has 1 atom stereocenters. The van der Waals surface area contributed by atoms with E-state index < -0.39 is 6.10 Å². The van der Waals surface area contributed by atoms with Crippen LogP contribution in [0, 0.1) is 11.3 Å². The van der Waals surface area contributed by atoms with Gasteiger partial charge in [0.2, 0.25) is 0 Å². The Morgan fingerprint density at radius 2 is 2.07 bits per heavy atom. The molecule has 0 aromatic heterocycles. The van der Waals surface area contributed by atoms with Crippen LogP contribution < -0.4 is 0 Å². The summed E-state index contributed by atoms with van der Waals surface area (Å²) >= 11 is 0. The van der Waals surface area contributed by atoms with Crippen molar-refractivity contribution in [1.29, 1.82) is 5.26 Å². The maximum atomic E-state index is 9.09. The fourth-order valence-electron chi connectivity index (χ4n) is 1.38. The number of hydrogen-bond donors (Lipinski definition) is 1. The Labute approximate surface area is 90.6 Å². The fraction of sp³-hybridized carbons (Fsp3) is 0.417. The predicted molar refractivity (Wildman–Crippen MR) is 59.0 cm³/mol. The smallest absolute Gasteiger partial charge is 0.141 e. The summed E-state index contributed by atoms with van der Waals surface area (Å²) in [6.45, 7) is 1.57. The Morgan fingerprint density at radius 1 is 1.40 bits per heavy atom. The second-order valence-corrected chi connectivity index (χ2v) is 3.66. The average Bonchev–Trinajstić information content (AvgIpc) is 2.27. The first-order valence-corrected chi connectivity index (χ1v) is 5.02. The third-order valence-corrected chi connectivity index (χ3v) is 2.23. The maximum absolute atomic E-state index is 9.09. The van der Waals surface area contributed by atoms with Crippen molar-refractivity contribution in [3.05, 3.63) is 35.9 Å². The van der Waals surface area contributed by atoms with Gasteiger partial charge in [-0.25, -0.2) is 0 Å². The molecule has 0 fully saturated rings. The predicted octanol–water partition coefficient (Wildman–Crippen LogP) is 1.39. The molecule has 1 aromatic rings. The van der Waals surface area contributed by atoms with Gasteiger partial charge >= 0.3 is 0 Å². The van der Waals surface area contributed by atoms with Gasteiger partial charge in [0.25, 0.3) is 0 Å². The standard InChI is InChI=1S/C12H16N2O/c1-14(8-7-12(15)9-13)10-11-5-3-2-4-6-11/h2-6,12,15H,7-8,10H2,1H3/t12-/m0/s1. The molecule has 0 aliphatic rings. The van der Waals surface area contributed by atoms with Crippen molar-refractivity contribution >= 4 is 0 Å². The topological polar surface area (TPSA) is 47.3 Å². The Hall–Kier alpha value is -1.37. The molecule has 0 saturated carbocycles.